The highest BCUT2D eigenvalue weighted by Gasteiger charge is 2.52. The van der Waals surface area contributed by atoms with Crippen LogP contribution in [0.3, 0.4) is 0 Å². The second kappa shape index (κ2) is 17.6. The Morgan fingerprint density at radius 2 is 1.10 bits per heavy atom. The van der Waals surface area contributed by atoms with E-state index in [1.54, 1.807) is 7.11 Å². The Kier molecular flexibility index (Phi) is 12.5. The van der Waals surface area contributed by atoms with Gasteiger partial charge in [-0.25, -0.2) is 0 Å². The quantitative estimate of drug-likeness (QED) is 0.0742. The van der Waals surface area contributed by atoms with Gasteiger partial charge in [0, 0.05) is 0 Å². The summed E-state index contributed by atoms with van der Waals surface area (Å²) in [7, 11) is 1.09. The Morgan fingerprint density at radius 1 is 0.647 bits per heavy atom. The first-order valence-electron chi connectivity index (χ1n) is 19.2. The van der Waals surface area contributed by atoms with Crippen LogP contribution in [0, 0.1) is 11.8 Å². The van der Waals surface area contributed by atoms with Crippen molar-refractivity contribution >= 4 is 18.7 Å². The molecule has 2 saturated carbocycles. The van der Waals surface area contributed by atoms with E-state index in [1.807, 2.05) is 42.5 Å². The molecule has 0 aromatic heterocycles. The third-order valence-corrected chi connectivity index (χ3v) is 11.9. The molecule has 4 aromatic rings. The number of hydrogen-bond acceptors (Lipinski definition) is 5. The summed E-state index contributed by atoms with van der Waals surface area (Å²) in [4.78, 5) is 0. The molecule has 4 aromatic carbocycles. The van der Waals surface area contributed by atoms with Crippen LogP contribution in [0.2, 0.25) is 0 Å². The molecule has 0 bridgehead atoms. The van der Waals surface area contributed by atoms with Crippen molar-refractivity contribution in [3.8, 4) is 5.75 Å². The second-order valence-electron chi connectivity index (χ2n) is 14.6. The number of benzene rings is 4. The van der Waals surface area contributed by atoms with Gasteiger partial charge in [-0.1, -0.05) is 142 Å². The van der Waals surface area contributed by atoms with Gasteiger partial charge in [-0.2, -0.15) is 0 Å². The molecule has 3 fully saturated rings. The van der Waals surface area contributed by atoms with Crippen LogP contribution < -0.4 is 4.74 Å². The van der Waals surface area contributed by atoms with E-state index in [4.69, 9.17) is 35.1 Å². The van der Waals surface area contributed by atoms with Gasteiger partial charge in [0.2, 0.25) is 0 Å². The third kappa shape index (κ3) is 8.42. The molecule has 4 atom stereocenters. The lowest BCUT2D eigenvalue weighted by Crippen LogP contribution is -2.45. The van der Waals surface area contributed by atoms with E-state index in [1.165, 1.54) is 64.2 Å². The van der Waals surface area contributed by atoms with Crippen molar-refractivity contribution in [1.82, 2.24) is 0 Å². The van der Waals surface area contributed by atoms with Crippen LogP contribution in [0.25, 0.3) is 0 Å². The zero-order valence-corrected chi connectivity index (χ0v) is 30.7. The van der Waals surface area contributed by atoms with E-state index < -0.39 is 24.1 Å². The molecule has 0 N–H and O–H groups in total. The van der Waals surface area contributed by atoms with Crippen molar-refractivity contribution in [3.63, 3.8) is 0 Å². The molecule has 0 spiro atoms. The second-order valence-corrected chi connectivity index (χ2v) is 15.1. The van der Waals surface area contributed by atoms with E-state index >= 15 is 0 Å². The number of ether oxygens (including phenoxy) is 3. The highest BCUT2D eigenvalue weighted by Crippen LogP contribution is 2.43. The van der Waals surface area contributed by atoms with Crippen molar-refractivity contribution in [3.05, 3.63) is 138 Å². The van der Waals surface area contributed by atoms with Crippen LogP contribution in [0.15, 0.2) is 115 Å². The molecule has 2 aliphatic carbocycles. The molecule has 0 radical (unpaired) electrons. The lowest BCUT2D eigenvalue weighted by Gasteiger charge is -2.37. The summed E-state index contributed by atoms with van der Waals surface area (Å²) in [5.74, 6) is 1.83. The van der Waals surface area contributed by atoms with E-state index in [-0.39, 0.29) is 18.8 Å². The molecule has 268 valence electrons. The molecule has 1 heterocycles. The Morgan fingerprint density at radius 3 is 1.53 bits per heavy atom. The fourth-order valence-electron chi connectivity index (χ4n) is 8.64. The SMILES string of the molecule is COc1ccc(CO[C@@H](COC(c2ccccc2)(c2ccccc2)c2ccccc2)[C@@H](Cl)B2O[C@H](C3CCCCC3)[C@@H](C3CCCCC3)O2)cc1. The number of rotatable bonds is 14. The largest absolute Gasteiger partial charge is 0.497 e. The molecule has 0 unspecified atom stereocenters. The number of halogens is 1. The Labute approximate surface area is 310 Å². The van der Waals surface area contributed by atoms with Crippen molar-refractivity contribution in [2.24, 2.45) is 11.8 Å². The van der Waals surface area contributed by atoms with Gasteiger partial charge in [0.1, 0.15) is 11.4 Å². The molecule has 0 amide bonds. The monoisotopic (exact) mass is 706 g/mol. The van der Waals surface area contributed by atoms with Gasteiger partial charge in [0.15, 0.2) is 0 Å². The minimum absolute atomic E-state index is 0.0693. The zero-order valence-electron chi connectivity index (χ0n) is 29.9. The van der Waals surface area contributed by atoms with Gasteiger partial charge in [0.05, 0.1) is 43.9 Å². The minimum atomic E-state index is -0.908. The topological polar surface area (TPSA) is 46.2 Å². The third-order valence-electron chi connectivity index (χ3n) is 11.4. The summed E-state index contributed by atoms with van der Waals surface area (Å²) in [6, 6.07) is 39.3. The fraction of sp³-hybridized carbons (Fsp3) is 0.455. The lowest BCUT2D eigenvalue weighted by atomic mass is 9.77. The smallest absolute Gasteiger partial charge is 0.479 e. The standard InChI is InChI=1S/C44H52BClO5/c1-47-39-29-27-33(28-30-39)31-48-40(43(46)45-50-41(34-17-7-2-8-18-34)42(51-45)35-19-9-3-10-20-35)32-49-44(36-21-11-4-12-22-36,37-23-13-5-14-24-37)38-25-15-6-16-26-38/h4-6,11-16,21-30,34-35,40-43H,2-3,7-10,17-20,31-32H2,1H3/t40-,41+,42+,43+/m0/s1. The Bertz CT molecular complexity index is 1470. The molecule has 3 aliphatic rings. The Balaban J connectivity index is 1.21. The van der Waals surface area contributed by atoms with Crippen LogP contribution >= 0.6 is 11.6 Å². The molecular formula is C44H52BClO5. The first kappa shape index (κ1) is 36.2. The molecule has 1 saturated heterocycles. The first-order valence-corrected chi connectivity index (χ1v) is 19.6. The Hall–Kier alpha value is -3.13. The van der Waals surface area contributed by atoms with Crippen LogP contribution in [-0.2, 0) is 31.0 Å². The predicted octanol–water partition coefficient (Wildman–Crippen LogP) is 10.2. The van der Waals surface area contributed by atoms with Crippen LogP contribution in [0.1, 0.15) is 86.5 Å². The summed E-state index contributed by atoms with van der Waals surface area (Å²) in [5.41, 5.74) is 3.22. The molecule has 1 aliphatic heterocycles. The average molecular weight is 707 g/mol. The van der Waals surface area contributed by atoms with E-state index in [2.05, 4.69) is 72.8 Å². The molecule has 7 heteroatoms. The summed E-state index contributed by atoms with van der Waals surface area (Å²) in [6.45, 7) is 0.579. The van der Waals surface area contributed by atoms with E-state index in [0.717, 1.165) is 28.0 Å². The number of hydrogen-bond donors (Lipinski definition) is 0. The van der Waals surface area contributed by atoms with Crippen LogP contribution in [0.5, 0.6) is 5.75 Å². The summed E-state index contributed by atoms with van der Waals surface area (Å²) < 4.78 is 33.4. The average Bonchev–Trinajstić information content (AvgIpc) is 3.67. The number of alkyl halides is 1. The highest BCUT2D eigenvalue weighted by atomic mass is 35.5. The van der Waals surface area contributed by atoms with Gasteiger partial charge >= 0.3 is 7.12 Å². The van der Waals surface area contributed by atoms with E-state index in [9.17, 15) is 0 Å². The maximum absolute atomic E-state index is 7.57. The van der Waals surface area contributed by atoms with Crippen molar-refractivity contribution in [2.75, 3.05) is 13.7 Å². The molecule has 7 rings (SSSR count). The maximum Gasteiger partial charge on any atom is 0.479 e. The molecule has 5 nitrogen and oxygen atoms in total. The summed E-state index contributed by atoms with van der Waals surface area (Å²) >= 11 is 7.57. The van der Waals surface area contributed by atoms with Crippen LogP contribution in [-0.4, -0.2) is 44.4 Å². The first-order chi connectivity index (χ1) is 25.2. The van der Waals surface area contributed by atoms with Gasteiger partial charge in [-0.3, -0.25) is 0 Å². The van der Waals surface area contributed by atoms with Gasteiger partial charge < -0.3 is 23.5 Å². The van der Waals surface area contributed by atoms with Crippen molar-refractivity contribution in [2.45, 2.75) is 100 Å². The van der Waals surface area contributed by atoms with Gasteiger partial charge in [-0.15, -0.1) is 11.6 Å². The highest BCUT2D eigenvalue weighted by molar-refractivity contribution is 6.60. The predicted molar refractivity (Wildman–Crippen MR) is 205 cm³/mol. The lowest BCUT2D eigenvalue weighted by molar-refractivity contribution is -0.0673. The van der Waals surface area contributed by atoms with Crippen molar-refractivity contribution < 1.29 is 23.5 Å². The minimum Gasteiger partial charge on any atom is -0.497 e. The summed E-state index contributed by atoms with van der Waals surface area (Å²) in [6.07, 6.45) is 12.1. The van der Waals surface area contributed by atoms with E-state index in [0.29, 0.717) is 18.4 Å². The van der Waals surface area contributed by atoms with Crippen molar-refractivity contribution in [1.29, 1.82) is 0 Å². The zero-order chi connectivity index (χ0) is 34.9. The maximum atomic E-state index is 7.57. The van der Waals surface area contributed by atoms with Gasteiger partial charge in [0.25, 0.3) is 0 Å². The normalized spacial score (nSPS) is 21.7. The summed E-state index contributed by atoms with van der Waals surface area (Å²) in [5, 5.41) is -0.594. The molecular weight excluding hydrogens is 655 g/mol. The fourth-order valence-corrected chi connectivity index (χ4v) is 8.90. The number of methoxy groups -OCH3 is 1. The van der Waals surface area contributed by atoms with Gasteiger partial charge in [-0.05, 0) is 71.9 Å². The molecule has 51 heavy (non-hydrogen) atoms. The van der Waals surface area contributed by atoms with Crippen LogP contribution in [0.4, 0.5) is 0 Å².